The number of aromatic nitrogens is 2. The molecule has 3 N–H and O–H groups in total. The van der Waals surface area contributed by atoms with Crippen LogP contribution in [0.2, 0.25) is 0 Å². The minimum atomic E-state index is 0.351. The maximum atomic E-state index is 5.48. The molecule has 0 unspecified atom stereocenters. The minimum absolute atomic E-state index is 0.351. The number of nitrogens with zero attached hydrogens (tertiary/aromatic N) is 2. The molecule has 2 aromatic rings. The molecule has 0 aliphatic rings. The monoisotopic (exact) mass is 214 g/mol. The summed E-state index contributed by atoms with van der Waals surface area (Å²) >= 11 is 0. The van der Waals surface area contributed by atoms with E-state index in [1.165, 1.54) is 5.56 Å². The first-order chi connectivity index (χ1) is 7.78. The van der Waals surface area contributed by atoms with Crippen LogP contribution in [0.3, 0.4) is 0 Å². The lowest BCUT2D eigenvalue weighted by atomic mass is 10.2. The second kappa shape index (κ2) is 4.72. The first-order valence-electron chi connectivity index (χ1n) is 5.13. The largest absolute Gasteiger partial charge is 0.340 e. The Morgan fingerprint density at radius 2 is 2.19 bits per heavy atom. The van der Waals surface area contributed by atoms with Gasteiger partial charge < -0.3 is 11.1 Å². The SMILES string of the molecule is Cc1cccc(Nc2ccnc(CN)n2)c1. The fourth-order valence-electron chi connectivity index (χ4n) is 1.44. The van der Waals surface area contributed by atoms with Gasteiger partial charge in [-0.25, -0.2) is 9.97 Å². The number of nitrogens with one attached hydrogen (secondary N) is 1. The molecule has 4 nitrogen and oxygen atoms in total. The summed E-state index contributed by atoms with van der Waals surface area (Å²) in [6.45, 7) is 2.40. The molecule has 1 aromatic heterocycles. The van der Waals surface area contributed by atoms with Crippen molar-refractivity contribution in [3.63, 3.8) is 0 Å². The van der Waals surface area contributed by atoms with E-state index in [1.54, 1.807) is 6.20 Å². The van der Waals surface area contributed by atoms with Gasteiger partial charge in [0.1, 0.15) is 11.6 Å². The summed E-state index contributed by atoms with van der Waals surface area (Å²) in [7, 11) is 0. The van der Waals surface area contributed by atoms with Crippen molar-refractivity contribution in [2.75, 3.05) is 5.32 Å². The van der Waals surface area contributed by atoms with Crippen LogP contribution in [0.15, 0.2) is 36.5 Å². The van der Waals surface area contributed by atoms with Gasteiger partial charge in [-0.1, -0.05) is 12.1 Å². The average Bonchev–Trinajstić information content (AvgIpc) is 2.29. The van der Waals surface area contributed by atoms with Crippen LogP contribution < -0.4 is 11.1 Å². The topological polar surface area (TPSA) is 63.8 Å². The van der Waals surface area contributed by atoms with Crippen molar-refractivity contribution < 1.29 is 0 Å². The number of rotatable bonds is 3. The van der Waals surface area contributed by atoms with Crippen LogP contribution in [0.4, 0.5) is 11.5 Å². The van der Waals surface area contributed by atoms with E-state index in [0.717, 1.165) is 11.5 Å². The number of aryl methyl sites for hydroxylation is 1. The van der Waals surface area contributed by atoms with E-state index in [1.807, 2.05) is 18.2 Å². The Kier molecular flexibility index (Phi) is 3.12. The highest BCUT2D eigenvalue weighted by Crippen LogP contribution is 2.15. The van der Waals surface area contributed by atoms with E-state index in [-0.39, 0.29) is 0 Å². The molecule has 0 bridgehead atoms. The Labute approximate surface area is 94.5 Å². The molecule has 0 radical (unpaired) electrons. The van der Waals surface area contributed by atoms with Gasteiger partial charge in [0.05, 0.1) is 6.54 Å². The Morgan fingerprint density at radius 1 is 1.31 bits per heavy atom. The Hall–Kier alpha value is -1.94. The molecule has 2 rings (SSSR count). The lowest BCUT2D eigenvalue weighted by Crippen LogP contribution is -2.04. The van der Waals surface area contributed by atoms with E-state index in [9.17, 15) is 0 Å². The van der Waals surface area contributed by atoms with Crippen LogP contribution in [0.25, 0.3) is 0 Å². The van der Waals surface area contributed by atoms with Crippen LogP contribution >= 0.6 is 0 Å². The molecule has 0 aliphatic heterocycles. The minimum Gasteiger partial charge on any atom is -0.340 e. The van der Waals surface area contributed by atoms with Crippen LogP contribution in [-0.4, -0.2) is 9.97 Å². The maximum Gasteiger partial charge on any atom is 0.144 e. The molecule has 4 heteroatoms. The number of anilines is 2. The molecule has 0 saturated heterocycles. The molecule has 0 saturated carbocycles. The quantitative estimate of drug-likeness (QED) is 0.820. The van der Waals surface area contributed by atoms with Crippen molar-refractivity contribution in [3.05, 3.63) is 47.9 Å². The van der Waals surface area contributed by atoms with Crippen molar-refractivity contribution in [1.82, 2.24) is 9.97 Å². The fourth-order valence-corrected chi connectivity index (χ4v) is 1.44. The van der Waals surface area contributed by atoms with Gasteiger partial charge in [0.25, 0.3) is 0 Å². The summed E-state index contributed by atoms with van der Waals surface area (Å²) < 4.78 is 0. The molecule has 0 spiro atoms. The van der Waals surface area contributed by atoms with E-state index in [0.29, 0.717) is 12.4 Å². The molecule has 0 amide bonds. The highest BCUT2D eigenvalue weighted by molar-refractivity contribution is 5.56. The lowest BCUT2D eigenvalue weighted by Gasteiger charge is -2.06. The first-order valence-corrected chi connectivity index (χ1v) is 5.13. The van der Waals surface area contributed by atoms with Gasteiger partial charge >= 0.3 is 0 Å². The lowest BCUT2D eigenvalue weighted by molar-refractivity contribution is 0.912. The number of benzene rings is 1. The summed E-state index contributed by atoms with van der Waals surface area (Å²) in [5.74, 6) is 1.40. The average molecular weight is 214 g/mol. The van der Waals surface area contributed by atoms with Crippen LogP contribution in [0, 0.1) is 6.92 Å². The van der Waals surface area contributed by atoms with Gasteiger partial charge in [0.15, 0.2) is 0 Å². The van der Waals surface area contributed by atoms with Crippen molar-refractivity contribution >= 4 is 11.5 Å². The van der Waals surface area contributed by atoms with Gasteiger partial charge in [-0.05, 0) is 30.7 Å². The van der Waals surface area contributed by atoms with Crippen LogP contribution in [0.1, 0.15) is 11.4 Å². The number of hydrogen-bond acceptors (Lipinski definition) is 4. The zero-order chi connectivity index (χ0) is 11.4. The van der Waals surface area contributed by atoms with E-state index < -0.39 is 0 Å². The molecule has 0 fully saturated rings. The predicted molar refractivity (Wildman–Crippen MR) is 64.4 cm³/mol. The molecule has 16 heavy (non-hydrogen) atoms. The van der Waals surface area contributed by atoms with Crippen molar-refractivity contribution in [3.8, 4) is 0 Å². The highest BCUT2D eigenvalue weighted by atomic mass is 15.0. The molecular formula is C12H14N4. The van der Waals surface area contributed by atoms with Gasteiger partial charge in [0, 0.05) is 11.9 Å². The zero-order valence-corrected chi connectivity index (χ0v) is 9.14. The van der Waals surface area contributed by atoms with E-state index in [2.05, 4.69) is 34.3 Å². The van der Waals surface area contributed by atoms with Crippen molar-refractivity contribution in [2.24, 2.45) is 5.73 Å². The number of hydrogen-bond donors (Lipinski definition) is 2. The number of nitrogens with two attached hydrogens (primary N) is 1. The normalized spacial score (nSPS) is 10.1. The van der Waals surface area contributed by atoms with Gasteiger partial charge in [-0.15, -0.1) is 0 Å². The van der Waals surface area contributed by atoms with Crippen LogP contribution in [-0.2, 0) is 6.54 Å². The fraction of sp³-hybridized carbons (Fsp3) is 0.167. The molecular weight excluding hydrogens is 200 g/mol. The summed E-state index contributed by atoms with van der Waals surface area (Å²) in [4.78, 5) is 8.31. The summed E-state index contributed by atoms with van der Waals surface area (Å²) in [6.07, 6.45) is 1.70. The molecule has 82 valence electrons. The predicted octanol–water partition coefficient (Wildman–Crippen LogP) is 1.99. The smallest absolute Gasteiger partial charge is 0.144 e. The standard InChI is InChI=1S/C12H14N4/c1-9-3-2-4-10(7-9)15-11-5-6-14-12(8-13)16-11/h2-7H,8,13H2,1H3,(H,14,15,16). The second-order valence-electron chi connectivity index (χ2n) is 3.56. The zero-order valence-electron chi connectivity index (χ0n) is 9.14. The van der Waals surface area contributed by atoms with Gasteiger partial charge in [-0.3, -0.25) is 0 Å². The summed E-state index contributed by atoms with van der Waals surface area (Å²) in [5.41, 5.74) is 7.71. The van der Waals surface area contributed by atoms with Crippen molar-refractivity contribution in [2.45, 2.75) is 13.5 Å². The van der Waals surface area contributed by atoms with Crippen LogP contribution in [0.5, 0.6) is 0 Å². The maximum absolute atomic E-state index is 5.48. The highest BCUT2D eigenvalue weighted by Gasteiger charge is 1.98. The van der Waals surface area contributed by atoms with E-state index in [4.69, 9.17) is 5.73 Å². The van der Waals surface area contributed by atoms with Gasteiger partial charge in [-0.2, -0.15) is 0 Å². The Morgan fingerprint density at radius 3 is 2.94 bits per heavy atom. The molecule has 0 atom stereocenters. The van der Waals surface area contributed by atoms with E-state index >= 15 is 0 Å². The third-order valence-electron chi connectivity index (χ3n) is 2.18. The van der Waals surface area contributed by atoms with Gasteiger partial charge in [0.2, 0.25) is 0 Å². The third-order valence-corrected chi connectivity index (χ3v) is 2.18. The third kappa shape index (κ3) is 2.55. The Balaban J connectivity index is 2.20. The molecule has 0 aliphatic carbocycles. The van der Waals surface area contributed by atoms with Crippen molar-refractivity contribution in [1.29, 1.82) is 0 Å². The summed E-state index contributed by atoms with van der Waals surface area (Å²) in [5, 5.41) is 3.21. The summed E-state index contributed by atoms with van der Waals surface area (Å²) in [6, 6.07) is 9.93. The second-order valence-corrected chi connectivity index (χ2v) is 3.56. The molecule has 1 aromatic carbocycles. The Bertz CT molecular complexity index is 482. The first kappa shape index (κ1) is 10.6. The molecule has 1 heterocycles.